The molecule has 2 saturated heterocycles. The fraction of sp³-hybridized carbons (Fsp3) is 0.833. The lowest BCUT2D eigenvalue weighted by molar-refractivity contribution is -0.188. The third-order valence-electron chi connectivity index (χ3n) is 2.30. The van der Waals surface area contributed by atoms with Crippen LogP contribution in [-0.4, -0.2) is 36.9 Å². The minimum atomic E-state index is -0.755. The van der Waals surface area contributed by atoms with Crippen LogP contribution in [0, 0.1) is 5.41 Å². The van der Waals surface area contributed by atoms with Crippen molar-refractivity contribution < 1.29 is 14.6 Å². The lowest BCUT2D eigenvalue weighted by atomic mass is 9.72. The van der Waals surface area contributed by atoms with Gasteiger partial charge in [-0.3, -0.25) is 4.79 Å². The summed E-state index contributed by atoms with van der Waals surface area (Å²) in [6, 6.07) is -0.360. The SMILES string of the molecule is O=C(O)C1NCC12COC2. The molecule has 0 aliphatic carbocycles. The van der Waals surface area contributed by atoms with Crippen molar-refractivity contribution in [1.82, 2.24) is 5.32 Å². The van der Waals surface area contributed by atoms with Crippen LogP contribution < -0.4 is 5.32 Å². The number of aliphatic carboxylic acids is 1. The zero-order chi connectivity index (χ0) is 7.19. The molecule has 10 heavy (non-hydrogen) atoms. The van der Waals surface area contributed by atoms with Gasteiger partial charge in [0.2, 0.25) is 0 Å². The highest BCUT2D eigenvalue weighted by molar-refractivity contribution is 5.76. The number of hydrogen-bond acceptors (Lipinski definition) is 3. The van der Waals surface area contributed by atoms with Crippen LogP contribution in [0.15, 0.2) is 0 Å². The van der Waals surface area contributed by atoms with Gasteiger partial charge in [0.1, 0.15) is 6.04 Å². The highest BCUT2D eigenvalue weighted by Crippen LogP contribution is 2.37. The largest absolute Gasteiger partial charge is 0.480 e. The van der Waals surface area contributed by atoms with E-state index in [1.54, 1.807) is 0 Å². The molecule has 0 aromatic rings. The number of nitrogens with one attached hydrogen (secondary N) is 1. The maximum Gasteiger partial charge on any atom is 0.321 e. The van der Waals surface area contributed by atoms with Crippen molar-refractivity contribution in [2.75, 3.05) is 19.8 Å². The Bertz CT molecular complexity index is 170. The van der Waals surface area contributed by atoms with Crippen LogP contribution in [0.4, 0.5) is 0 Å². The number of hydrogen-bond donors (Lipinski definition) is 2. The van der Waals surface area contributed by atoms with Gasteiger partial charge in [-0.25, -0.2) is 0 Å². The Morgan fingerprint density at radius 3 is 2.50 bits per heavy atom. The molecule has 0 bridgehead atoms. The average molecular weight is 143 g/mol. The number of ether oxygens (including phenoxy) is 1. The second-order valence-electron chi connectivity index (χ2n) is 3.01. The Balaban J connectivity index is 2.05. The fourth-order valence-electron chi connectivity index (χ4n) is 1.48. The summed E-state index contributed by atoms with van der Waals surface area (Å²) in [6.07, 6.45) is 0. The van der Waals surface area contributed by atoms with Gasteiger partial charge in [-0.15, -0.1) is 0 Å². The van der Waals surface area contributed by atoms with Gasteiger partial charge in [-0.2, -0.15) is 0 Å². The Kier molecular flexibility index (Phi) is 1.04. The molecule has 0 aromatic carbocycles. The molecule has 2 heterocycles. The monoisotopic (exact) mass is 143 g/mol. The topological polar surface area (TPSA) is 58.6 Å². The number of rotatable bonds is 1. The van der Waals surface area contributed by atoms with E-state index in [2.05, 4.69) is 5.32 Å². The molecule has 1 unspecified atom stereocenters. The van der Waals surface area contributed by atoms with Gasteiger partial charge in [0.15, 0.2) is 0 Å². The third-order valence-corrected chi connectivity index (χ3v) is 2.30. The normalized spacial score (nSPS) is 34.6. The summed E-state index contributed by atoms with van der Waals surface area (Å²) in [5, 5.41) is 11.5. The predicted octanol–water partition coefficient (Wildman–Crippen LogP) is -0.941. The van der Waals surface area contributed by atoms with Crippen LogP contribution in [0.5, 0.6) is 0 Å². The number of carboxylic acids is 1. The first kappa shape index (κ1) is 6.12. The van der Waals surface area contributed by atoms with E-state index in [1.807, 2.05) is 0 Å². The van der Waals surface area contributed by atoms with Gasteiger partial charge in [0.25, 0.3) is 0 Å². The number of carbonyl (C=O) groups is 1. The Hall–Kier alpha value is -0.610. The first-order chi connectivity index (χ1) is 4.75. The van der Waals surface area contributed by atoms with Crippen molar-refractivity contribution in [3.63, 3.8) is 0 Å². The molecule has 1 atom stereocenters. The van der Waals surface area contributed by atoms with Crippen molar-refractivity contribution in [3.8, 4) is 0 Å². The van der Waals surface area contributed by atoms with Gasteiger partial charge in [0, 0.05) is 6.54 Å². The lowest BCUT2D eigenvalue weighted by Gasteiger charge is -2.53. The highest BCUT2D eigenvalue weighted by Gasteiger charge is 2.55. The summed E-state index contributed by atoms with van der Waals surface area (Å²) < 4.78 is 4.96. The second-order valence-corrected chi connectivity index (χ2v) is 3.01. The van der Waals surface area contributed by atoms with Gasteiger partial charge in [0.05, 0.1) is 18.6 Å². The molecule has 4 nitrogen and oxygen atoms in total. The maximum absolute atomic E-state index is 10.5. The molecule has 2 fully saturated rings. The molecule has 1 spiro atoms. The lowest BCUT2D eigenvalue weighted by Crippen LogP contribution is -2.73. The third kappa shape index (κ3) is 0.552. The van der Waals surface area contributed by atoms with Crippen LogP contribution in [-0.2, 0) is 9.53 Å². The van der Waals surface area contributed by atoms with Gasteiger partial charge >= 0.3 is 5.97 Å². The molecule has 2 N–H and O–H groups in total. The highest BCUT2D eigenvalue weighted by atomic mass is 16.5. The first-order valence-electron chi connectivity index (χ1n) is 3.29. The smallest absolute Gasteiger partial charge is 0.321 e. The molecule has 2 aliphatic heterocycles. The zero-order valence-electron chi connectivity index (χ0n) is 5.46. The summed E-state index contributed by atoms with van der Waals surface area (Å²) in [5.41, 5.74) is -0.0498. The van der Waals surface area contributed by atoms with E-state index >= 15 is 0 Å². The average Bonchev–Trinajstić information content (AvgIpc) is 1.53. The van der Waals surface area contributed by atoms with Crippen molar-refractivity contribution in [1.29, 1.82) is 0 Å². The van der Waals surface area contributed by atoms with Crippen LogP contribution in [0.1, 0.15) is 0 Å². The molecular weight excluding hydrogens is 134 g/mol. The fourth-order valence-corrected chi connectivity index (χ4v) is 1.48. The minimum absolute atomic E-state index is 0.0498. The maximum atomic E-state index is 10.5. The Morgan fingerprint density at radius 2 is 2.40 bits per heavy atom. The van der Waals surface area contributed by atoms with E-state index in [-0.39, 0.29) is 11.5 Å². The molecule has 4 heteroatoms. The minimum Gasteiger partial charge on any atom is -0.480 e. The molecule has 0 amide bonds. The van der Waals surface area contributed by atoms with Crippen LogP contribution in [0.3, 0.4) is 0 Å². The summed E-state index contributed by atoms with van der Waals surface area (Å²) in [7, 11) is 0. The van der Waals surface area contributed by atoms with E-state index in [9.17, 15) is 4.79 Å². The molecular formula is C6H9NO3. The molecule has 56 valence electrons. The van der Waals surface area contributed by atoms with Crippen LogP contribution in [0.25, 0.3) is 0 Å². The summed E-state index contributed by atoms with van der Waals surface area (Å²) >= 11 is 0. The predicted molar refractivity (Wildman–Crippen MR) is 32.7 cm³/mol. The zero-order valence-corrected chi connectivity index (χ0v) is 5.46. The quantitative estimate of drug-likeness (QED) is 0.497. The van der Waals surface area contributed by atoms with Crippen LogP contribution in [0.2, 0.25) is 0 Å². The van der Waals surface area contributed by atoms with Crippen molar-refractivity contribution in [3.05, 3.63) is 0 Å². The summed E-state index contributed by atoms with van der Waals surface area (Å²) in [6.45, 7) is 2.01. The standard InChI is InChI=1S/C6H9NO3/c8-5(9)4-6(1-7-4)2-10-3-6/h4,7H,1-3H2,(H,8,9). The molecule has 0 radical (unpaired) electrons. The van der Waals surface area contributed by atoms with Gasteiger partial charge in [-0.05, 0) is 0 Å². The van der Waals surface area contributed by atoms with Crippen LogP contribution >= 0.6 is 0 Å². The summed E-state index contributed by atoms with van der Waals surface area (Å²) in [5.74, 6) is -0.755. The first-order valence-corrected chi connectivity index (χ1v) is 3.29. The van der Waals surface area contributed by atoms with E-state index in [4.69, 9.17) is 9.84 Å². The number of carboxylic acid groups (broad SMARTS) is 1. The molecule has 0 aromatic heterocycles. The van der Waals surface area contributed by atoms with Gasteiger partial charge in [-0.1, -0.05) is 0 Å². The summed E-state index contributed by atoms with van der Waals surface area (Å²) in [4.78, 5) is 10.5. The Morgan fingerprint density at radius 1 is 1.70 bits per heavy atom. The van der Waals surface area contributed by atoms with E-state index in [1.165, 1.54) is 0 Å². The van der Waals surface area contributed by atoms with E-state index in [0.29, 0.717) is 13.2 Å². The van der Waals surface area contributed by atoms with Crippen molar-refractivity contribution in [2.24, 2.45) is 5.41 Å². The van der Waals surface area contributed by atoms with Crippen molar-refractivity contribution >= 4 is 5.97 Å². The Labute approximate surface area is 58.2 Å². The molecule has 2 aliphatic rings. The second kappa shape index (κ2) is 1.71. The molecule has 0 saturated carbocycles. The molecule has 2 rings (SSSR count). The van der Waals surface area contributed by atoms with E-state index < -0.39 is 5.97 Å². The van der Waals surface area contributed by atoms with Gasteiger partial charge < -0.3 is 15.2 Å². The van der Waals surface area contributed by atoms with E-state index in [0.717, 1.165) is 6.54 Å². The van der Waals surface area contributed by atoms with Crippen molar-refractivity contribution in [2.45, 2.75) is 6.04 Å².